The molecule has 5 aromatic rings. The van der Waals surface area contributed by atoms with Crippen molar-refractivity contribution in [3.05, 3.63) is 98.9 Å². The molecule has 1 N–H and O–H groups in total. The Morgan fingerprint density at radius 1 is 1.05 bits per heavy atom. The monoisotopic (exact) mass is 518 g/mol. The zero-order chi connectivity index (χ0) is 26.3. The first-order valence-electron chi connectivity index (χ1n) is 11.4. The van der Waals surface area contributed by atoms with Gasteiger partial charge in [0.25, 0.3) is 5.56 Å². The highest BCUT2D eigenvalue weighted by Crippen LogP contribution is 2.38. The van der Waals surface area contributed by atoms with Gasteiger partial charge >= 0.3 is 5.63 Å². The van der Waals surface area contributed by atoms with Crippen LogP contribution in [0.3, 0.4) is 0 Å². The maximum absolute atomic E-state index is 13.9. The van der Waals surface area contributed by atoms with Crippen LogP contribution in [0.4, 0.5) is 10.1 Å². The third-order valence-electron chi connectivity index (χ3n) is 6.07. The number of methoxy groups -OCH3 is 1. The summed E-state index contributed by atoms with van der Waals surface area (Å²) in [6.45, 7) is 0.205. The first kappa shape index (κ1) is 24.5. The summed E-state index contributed by atoms with van der Waals surface area (Å²) >= 11 is 0.839. The van der Waals surface area contributed by atoms with Crippen LogP contribution in [0, 0.1) is 5.82 Å². The molecule has 0 aliphatic carbocycles. The Balaban J connectivity index is 1.78. The van der Waals surface area contributed by atoms with Crippen molar-refractivity contribution in [2.45, 2.75) is 16.3 Å². The first-order valence-corrected chi connectivity index (χ1v) is 12.2. The zero-order valence-corrected chi connectivity index (χ0v) is 21.1. The van der Waals surface area contributed by atoms with Gasteiger partial charge in [-0.15, -0.1) is 0 Å². The Hall–Kier alpha value is -4.24. The molecule has 0 saturated carbocycles. The molecule has 0 bridgehead atoms. The maximum Gasteiger partial charge on any atom is 0.354 e. The zero-order valence-electron chi connectivity index (χ0n) is 20.3. The smallest absolute Gasteiger partial charge is 0.354 e. The molecule has 0 aliphatic heterocycles. The van der Waals surface area contributed by atoms with Gasteiger partial charge in [-0.3, -0.25) is 4.79 Å². The predicted octanol–water partition coefficient (Wildman–Crippen LogP) is 5.23. The molecule has 0 spiro atoms. The third-order valence-corrected chi connectivity index (χ3v) is 7.12. The van der Waals surface area contributed by atoms with E-state index in [0.717, 1.165) is 23.0 Å². The summed E-state index contributed by atoms with van der Waals surface area (Å²) in [5.74, 6) is -0.292. The van der Waals surface area contributed by atoms with Crippen LogP contribution < -0.4 is 20.8 Å². The fraction of sp³-hybridized carbons (Fsp3) is 0.143. The fourth-order valence-electron chi connectivity index (χ4n) is 4.16. The number of anilines is 1. The van der Waals surface area contributed by atoms with Crippen molar-refractivity contribution in [3.8, 4) is 11.5 Å². The van der Waals surface area contributed by atoms with E-state index in [0.29, 0.717) is 21.5 Å². The average Bonchev–Trinajstić information content (AvgIpc) is 2.88. The van der Waals surface area contributed by atoms with Crippen LogP contribution in [-0.2, 0) is 6.54 Å². The Bertz CT molecular complexity index is 1760. The summed E-state index contributed by atoms with van der Waals surface area (Å²) < 4.78 is 26.1. The molecular weight excluding hydrogens is 495 g/mol. The van der Waals surface area contributed by atoms with Crippen molar-refractivity contribution in [2.75, 3.05) is 26.1 Å². The normalized spacial score (nSPS) is 11.2. The molecule has 0 unspecified atom stereocenters. The molecule has 7 nitrogen and oxygen atoms in total. The Morgan fingerprint density at radius 2 is 1.81 bits per heavy atom. The number of aromatic nitrogens is 1. The SMILES string of the molecule is COc1ccc(Cn2c(=O)c3c(O)c(Sc4cccc(F)c4)c(=O)oc3c3ccc(N(C)C)cc32)cc1. The number of aromatic hydroxyl groups is 1. The van der Waals surface area contributed by atoms with Crippen LogP contribution in [0.2, 0.25) is 0 Å². The summed E-state index contributed by atoms with van der Waals surface area (Å²) in [6, 6.07) is 18.4. The second kappa shape index (κ2) is 9.67. The van der Waals surface area contributed by atoms with Gasteiger partial charge in [0.1, 0.15) is 21.8 Å². The average molecular weight is 519 g/mol. The van der Waals surface area contributed by atoms with Gasteiger partial charge in [-0.05, 0) is 54.1 Å². The number of rotatable bonds is 6. The van der Waals surface area contributed by atoms with Gasteiger partial charge in [0, 0.05) is 30.1 Å². The van der Waals surface area contributed by atoms with E-state index in [4.69, 9.17) is 9.15 Å². The lowest BCUT2D eigenvalue weighted by atomic mass is 10.1. The maximum atomic E-state index is 13.9. The molecule has 9 heteroatoms. The highest BCUT2D eigenvalue weighted by atomic mass is 32.2. The highest BCUT2D eigenvalue weighted by molar-refractivity contribution is 7.99. The minimum Gasteiger partial charge on any atom is -0.505 e. The molecule has 2 aromatic heterocycles. The van der Waals surface area contributed by atoms with Crippen LogP contribution in [0.15, 0.2) is 90.5 Å². The van der Waals surface area contributed by atoms with Crippen LogP contribution in [0.5, 0.6) is 11.5 Å². The second-order valence-corrected chi connectivity index (χ2v) is 9.75. The number of halogens is 1. The third kappa shape index (κ3) is 4.53. The topological polar surface area (TPSA) is 84.9 Å². The number of nitrogens with zero attached hydrogens (tertiary/aromatic N) is 2. The van der Waals surface area contributed by atoms with E-state index in [-0.39, 0.29) is 22.4 Å². The number of ether oxygens (including phenoxy) is 1. The van der Waals surface area contributed by atoms with Crippen LogP contribution in [0.25, 0.3) is 21.9 Å². The van der Waals surface area contributed by atoms with Crippen molar-refractivity contribution in [1.29, 1.82) is 0 Å². The predicted molar refractivity (Wildman–Crippen MR) is 143 cm³/mol. The molecule has 188 valence electrons. The molecule has 3 aromatic carbocycles. The molecule has 5 rings (SSSR count). The summed E-state index contributed by atoms with van der Waals surface area (Å²) in [4.78, 5) is 28.9. The number of pyridine rings is 1. The van der Waals surface area contributed by atoms with Crippen molar-refractivity contribution in [3.63, 3.8) is 0 Å². The Labute approximate surface area is 215 Å². The van der Waals surface area contributed by atoms with Crippen molar-refractivity contribution in [2.24, 2.45) is 0 Å². The van der Waals surface area contributed by atoms with Gasteiger partial charge in [0.05, 0.1) is 19.2 Å². The Morgan fingerprint density at radius 3 is 2.49 bits per heavy atom. The lowest BCUT2D eigenvalue weighted by Gasteiger charge is -2.18. The van der Waals surface area contributed by atoms with Gasteiger partial charge < -0.3 is 23.7 Å². The van der Waals surface area contributed by atoms with E-state index in [1.807, 2.05) is 43.3 Å². The molecule has 0 aliphatic rings. The number of benzene rings is 3. The van der Waals surface area contributed by atoms with Crippen LogP contribution in [0.1, 0.15) is 5.56 Å². The van der Waals surface area contributed by atoms with Crippen LogP contribution in [-0.4, -0.2) is 30.9 Å². The fourth-order valence-corrected chi connectivity index (χ4v) is 5.04. The molecule has 0 amide bonds. The van der Waals surface area contributed by atoms with E-state index in [2.05, 4.69) is 0 Å². The largest absolute Gasteiger partial charge is 0.505 e. The molecule has 0 saturated heterocycles. The molecule has 0 atom stereocenters. The van der Waals surface area contributed by atoms with E-state index >= 15 is 0 Å². The molecular formula is C28H23FN2O5S. The van der Waals surface area contributed by atoms with Gasteiger partial charge in [0.15, 0.2) is 11.3 Å². The second-order valence-electron chi connectivity index (χ2n) is 8.67. The standard InChI is InChI=1S/C28H23FN2O5S/c1-30(2)18-9-12-21-22(14-18)31(15-16-7-10-19(35-3)11-8-16)27(33)23-24(32)26(28(34)36-25(21)23)37-20-6-4-5-17(29)13-20/h4-14,32H,15H2,1-3H3. The van der Waals surface area contributed by atoms with E-state index in [1.54, 1.807) is 35.9 Å². The van der Waals surface area contributed by atoms with Crippen molar-refractivity contribution >= 4 is 39.3 Å². The summed E-state index contributed by atoms with van der Waals surface area (Å²) in [5, 5.41) is 11.6. The molecule has 0 fully saturated rings. The number of fused-ring (bicyclic) bond motifs is 3. The van der Waals surface area contributed by atoms with Gasteiger partial charge in [0.2, 0.25) is 0 Å². The van der Waals surface area contributed by atoms with Crippen LogP contribution >= 0.6 is 11.8 Å². The molecule has 37 heavy (non-hydrogen) atoms. The quantitative estimate of drug-likeness (QED) is 0.308. The van der Waals surface area contributed by atoms with Crippen molar-refractivity contribution in [1.82, 2.24) is 4.57 Å². The number of hydrogen-bond acceptors (Lipinski definition) is 7. The lowest BCUT2D eigenvalue weighted by molar-refractivity contribution is 0.414. The minimum atomic E-state index is -0.815. The summed E-state index contributed by atoms with van der Waals surface area (Å²) in [7, 11) is 5.35. The van der Waals surface area contributed by atoms with Gasteiger partial charge in [-0.25, -0.2) is 9.18 Å². The summed E-state index contributed by atoms with van der Waals surface area (Å²) in [6.07, 6.45) is 0. The Kier molecular flexibility index (Phi) is 6.39. The van der Waals surface area contributed by atoms with E-state index in [9.17, 15) is 19.1 Å². The van der Waals surface area contributed by atoms with E-state index < -0.39 is 22.8 Å². The lowest BCUT2D eigenvalue weighted by Crippen LogP contribution is -2.23. The summed E-state index contributed by atoms with van der Waals surface area (Å²) in [5.41, 5.74) is 0.903. The van der Waals surface area contributed by atoms with Gasteiger partial charge in [-0.1, -0.05) is 30.0 Å². The first-order chi connectivity index (χ1) is 17.8. The highest BCUT2D eigenvalue weighted by Gasteiger charge is 2.23. The molecule has 0 radical (unpaired) electrons. The van der Waals surface area contributed by atoms with Gasteiger partial charge in [-0.2, -0.15) is 0 Å². The minimum absolute atomic E-state index is 0.00220. The molecule has 2 heterocycles. The number of hydrogen-bond donors (Lipinski definition) is 1. The van der Waals surface area contributed by atoms with Crippen molar-refractivity contribution < 1.29 is 18.7 Å². The van der Waals surface area contributed by atoms with E-state index in [1.165, 1.54) is 18.2 Å².